The first kappa shape index (κ1) is 13.6. The second-order valence-corrected chi connectivity index (χ2v) is 6.23. The summed E-state index contributed by atoms with van der Waals surface area (Å²) in [5, 5.41) is 14.6. The topological polar surface area (TPSA) is 70.4 Å². The molecule has 2 heterocycles. The predicted octanol–water partition coefficient (Wildman–Crippen LogP) is 3.07. The van der Waals surface area contributed by atoms with Crippen molar-refractivity contribution in [1.29, 1.82) is 0 Å². The smallest absolute Gasteiger partial charge is 0.262 e. The molecule has 0 atom stereocenters. The molecule has 0 saturated heterocycles. The van der Waals surface area contributed by atoms with Crippen LogP contribution in [0.2, 0.25) is 0 Å². The lowest BCUT2D eigenvalue weighted by Crippen LogP contribution is -2.13. The molecule has 0 amide bonds. The van der Waals surface area contributed by atoms with Crippen LogP contribution in [0, 0.1) is 10.5 Å². The van der Waals surface area contributed by atoms with Crippen molar-refractivity contribution in [3.63, 3.8) is 0 Å². The van der Waals surface area contributed by atoms with E-state index >= 15 is 0 Å². The molecule has 0 saturated carbocycles. The standard InChI is InChI=1S/C13H9BrIN3O2/c1-6-10(15)11-16-12(19)9(13(20)18(11)17-6)7-4-2-3-5-8(7)14/h2-5,20H,1H3,(H,16,19). The van der Waals surface area contributed by atoms with E-state index in [0.717, 1.165) is 13.7 Å². The number of H-pyrrole nitrogens is 1. The Morgan fingerprint density at radius 2 is 2.10 bits per heavy atom. The zero-order chi connectivity index (χ0) is 14.4. The van der Waals surface area contributed by atoms with E-state index in [1.807, 2.05) is 19.1 Å². The van der Waals surface area contributed by atoms with Crippen molar-refractivity contribution in [3.05, 3.63) is 48.4 Å². The van der Waals surface area contributed by atoms with Gasteiger partial charge in [0.05, 0.1) is 9.26 Å². The van der Waals surface area contributed by atoms with Gasteiger partial charge in [0.2, 0.25) is 5.88 Å². The lowest BCUT2D eigenvalue weighted by molar-refractivity contribution is 0.436. The van der Waals surface area contributed by atoms with E-state index in [2.05, 4.69) is 48.6 Å². The average Bonchev–Trinajstić information content (AvgIpc) is 2.69. The zero-order valence-corrected chi connectivity index (χ0v) is 14.1. The van der Waals surface area contributed by atoms with Gasteiger partial charge in [0.1, 0.15) is 5.56 Å². The number of aromatic nitrogens is 3. The third-order valence-corrected chi connectivity index (χ3v) is 5.00. The second-order valence-electron chi connectivity index (χ2n) is 4.29. The van der Waals surface area contributed by atoms with E-state index in [1.165, 1.54) is 4.52 Å². The molecule has 0 aliphatic rings. The number of hydrogen-bond donors (Lipinski definition) is 2. The van der Waals surface area contributed by atoms with Gasteiger partial charge in [-0.3, -0.25) is 4.79 Å². The van der Waals surface area contributed by atoms with Crippen LogP contribution in [0.5, 0.6) is 5.88 Å². The zero-order valence-electron chi connectivity index (χ0n) is 10.3. The SMILES string of the molecule is Cc1nn2c(O)c(-c3ccccc3Br)c(=O)[nH]c2c1I. The average molecular weight is 446 g/mol. The quantitative estimate of drug-likeness (QED) is 0.565. The number of aromatic amines is 1. The highest BCUT2D eigenvalue weighted by Crippen LogP contribution is 2.32. The largest absolute Gasteiger partial charge is 0.493 e. The summed E-state index contributed by atoms with van der Waals surface area (Å²) in [6.07, 6.45) is 0. The van der Waals surface area contributed by atoms with Gasteiger partial charge in [0.15, 0.2) is 5.65 Å². The van der Waals surface area contributed by atoms with Crippen LogP contribution in [0.25, 0.3) is 16.8 Å². The summed E-state index contributed by atoms with van der Waals surface area (Å²) in [6, 6.07) is 7.23. The van der Waals surface area contributed by atoms with Gasteiger partial charge in [-0.2, -0.15) is 9.61 Å². The van der Waals surface area contributed by atoms with Crippen LogP contribution in [0.15, 0.2) is 33.5 Å². The summed E-state index contributed by atoms with van der Waals surface area (Å²) in [7, 11) is 0. The number of nitrogens with zero attached hydrogens (tertiary/aromatic N) is 2. The number of nitrogens with one attached hydrogen (secondary N) is 1. The molecular formula is C13H9BrIN3O2. The molecule has 0 spiro atoms. The number of aromatic hydroxyl groups is 1. The molecule has 0 bridgehead atoms. The van der Waals surface area contributed by atoms with Crippen molar-refractivity contribution in [2.24, 2.45) is 0 Å². The number of rotatable bonds is 1. The Labute approximate surface area is 135 Å². The summed E-state index contributed by atoms with van der Waals surface area (Å²) in [5.74, 6) is -0.165. The molecule has 102 valence electrons. The first-order valence-corrected chi connectivity index (χ1v) is 7.63. The van der Waals surface area contributed by atoms with Gasteiger partial charge in [0, 0.05) is 10.0 Å². The predicted molar refractivity (Wildman–Crippen MR) is 88.1 cm³/mol. The van der Waals surface area contributed by atoms with Crippen LogP contribution in [0.4, 0.5) is 0 Å². The van der Waals surface area contributed by atoms with Crippen LogP contribution in [0.3, 0.4) is 0 Å². The number of fused-ring (bicyclic) bond motifs is 1. The van der Waals surface area contributed by atoms with Crippen molar-refractivity contribution in [2.45, 2.75) is 6.92 Å². The molecule has 1 aromatic carbocycles. The fraction of sp³-hybridized carbons (Fsp3) is 0.0769. The van der Waals surface area contributed by atoms with Crippen LogP contribution in [-0.2, 0) is 0 Å². The number of halogens is 2. The van der Waals surface area contributed by atoms with Gasteiger partial charge in [-0.1, -0.05) is 34.1 Å². The molecule has 2 aromatic heterocycles. The second kappa shape index (κ2) is 4.88. The summed E-state index contributed by atoms with van der Waals surface area (Å²) >= 11 is 5.48. The monoisotopic (exact) mass is 445 g/mol. The molecule has 20 heavy (non-hydrogen) atoms. The Morgan fingerprint density at radius 3 is 2.80 bits per heavy atom. The van der Waals surface area contributed by atoms with Crippen molar-refractivity contribution in [3.8, 4) is 17.0 Å². The molecule has 0 aliphatic heterocycles. The van der Waals surface area contributed by atoms with Crippen LogP contribution in [-0.4, -0.2) is 19.7 Å². The lowest BCUT2D eigenvalue weighted by Gasteiger charge is -2.07. The maximum absolute atomic E-state index is 12.3. The highest BCUT2D eigenvalue weighted by Gasteiger charge is 2.19. The summed E-state index contributed by atoms with van der Waals surface area (Å²) < 4.78 is 2.90. The van der Waals surface area contributed by atoms with Crippen LogP contribution < -0.4 is 5.56 Å². The fourth-order valence-electron chi connectivity index (χ4n) is 2.05. The fourth-order valence-corrected chi connectivity index (χ4v) is 3.01. The van der Waals surface area contributed by atoms with E-state index < -0.39 is 0 Å². The molecule has 5 nitrogen and oxygen atoms in total. The van der Waals surface area contributed by atoms with Gasteiger partial charge in [-0.05, 0) is 35.6 Å². The highest BCUT2D eigenvalue weighted by atomic mass is 127. The number of hydrogen-bond acceptors (Lipinski definition) is 3. The minimum Gasteiger partial charge on any atom is -0.493 e. The Balaban J connectivity index is 2.44. The maximum Gasteiger partial charge on any atom is 0.262 e. The summed E-state index contributed by atoms with van der Waals surface area (Å²) in [6.45, 7) is 1.82. The molecule has 2 N–H and O–H groups in total. The van der Waals surface area contributed by atoms with Gasteiger partial charge in [-0.25, -0.2) is 0 Å². The molecule has 0 radical (unpaired) electrons. The van der Waals surface area contributed by atoms with Crippen molar-refractivity contribution in [1.82, 2.24) is 14.6 Å². The van der Waals surface area contributed by atoms with Crippen molar-refractivity contribution in [2.75, 3.05) is 0 Å². The molecule has 0 unspecified atom stereocenters. The van der Waals surface area contributed by atoms with Crippen LogP contribution in [0.1, 0.15) is 5.69 Å². The van der Waals surface area contributed by atoms with Crippen molar-refractivity contribution < 1.29 is 5.11 Å². The first-order chi connectivity index (χ1) is 9.50. The highest BCUT2D eigenvalue weighted by molar-refractivity contribution is 14.1. The number of benzene rings is 1. The van der Waals surface area contributed by atoms with Crippen LogP contribution >= 0.6 is 38.5 Å². The van der Waals surface area contributed by atoms with Gasteiger partial charge < -0.3 is 10.1 Å². The lowest BCUT2D eigenvalue weighted by atomic mass is 10.1. The minimum absolute atomic E-state index is 0.165. The Morgan fingerprint density at radius 1 is 1.40 bits per heavy atom. The van der Waals surface area contributed by atoms with Gasteiger partial charge in [-0.15, -0.1) is 0 Å². The third kappa shape index (κ3) is 1.96. The Bertz CT molecular complexity index is 885. The van der Waals surface area contributed by atoms with E-state index in [1.54, 1.807) is 12.1 Å². The number of aryl methyl sites for hydroxylation is 1. The molecule has 0 fully saturated rings. The van der Waals surface area contributed by atoms with E-state index in [9.17, 15) is 9.90 Å². The third-order valence-electron chi connectivity index (χ3n) is 3.01. The molecular weight excluding hydrogens is 437 g/mol. The maximum atomic E-state index is 12.3. The van der Waals surface area contributed by atoms with Crippen molar-refractivity contribution >= 4 is 44.2 Å². The molecule has 0 aliphatic carbocycles. The molecule has 7 heteroatoms. The van der Waals surface area contributed by atoms with E-state index in [0.29, 0.717) is 11.2 Å². The Hall–Kier alpha value is -1.35. The van der Waals surface area contributed by atoms with Gasteiger partial charge >= 0.3 is 0 Å². The summed E-state index contributed by atoms with van der Waals surface area (Å²) in [4.78, 5) is 15.1. The first-order valence-electron chi connectivity index (χ1n) is 5.75. The van der Waals surface area contributed by atoms with E-state index in [4.69, 9.17) is 0 Å². The summed E-state index contributed by atoms with van der Waals surface area (Å²) in [5.41, 5.74) is 1.72. The molecule has 3 rings (SSSR count). The normalized spacial score (nSPS) is 11.2. The molecule has 3 aromatic rings. The minimum atomic E-state index is -0.347. The van der Waals surface area contributed by atoms with Gasteiger partial charge in [0.25, 0.3) is 5.56 Å². The Kier molecular flexibility index (Phi) is 3.33. The van der Waals surface area contributed by atoms with E-state index in [-0.39, 0.29) is 17.0 Å².